The number of rotatable bonds is 4. The van der Waals surface area contributed by atoms with Crippen molar-refractivity contribution in [2.24, 2.45) is 4.99 Å². The first-order valence-corrected chi connectivity index (χ1v) is 9.88. The summed E-state index contributed by atoms with van der Waals surface area (Å²) >= 11 is 17.9. The van der Waals surface area contributed by atoms with Crippen LogP contribution >= 0.6 is 34.8 Å². The molecule has 1 aromatic heterocycles. The number of amides is 1. The molecule has 2 aromatic carbocycles. The zero-order chi connectivity index (χ0) is 22.8. The Morgan fingerprint density at radius 3 is 2.45 bits per heavy atom. The fourth-order valence-corrected chi connectivity index (χ4v) is 3.41. The van der Waals surface area contributed by atoms with Crippen LogP contribution in [-0.4, -0.2) is 21.9 Å². The zero-order valence-corrected chi connectivity index (χ0v) is 18.1. The summed E-state index contributed by atoms with van der Waals surface area (Å²) in [6, 6.07) is 10.8. The molecule has 1 amide bonds. The maximum atomic E-state index is 13.1. The van der Waals surface area contributed by atoms with Crippen molar-refractivity contribution in [1.29, 1.82) is 0 Å². The summed E-state index contributed by atoms with van der Waals surface area (Å²) in [5.41, 5.74) is -0.447. The van der Waals surface area contributed by atoms with Gasteiger partial charge < -0.3 is 5.32 Å². The highest BCUT2D eigenvalue weighted by Crippen LogP contribution is 2.31. The van der Waals surface area contributed by atoms with Crippen LogP contribution in [0.1, 0.15) is 27.3 Å². The van der Waals surface area contributed by atoms with Gasteiger partial charge in [-0.1, -0.05) is 40.9 Å². The van der Waals surface area contributed by atoms with E-state index in [0.29, 0.717) is 15.7 Å². The molecule has 0 spiro atoms. The average Bonchev–Trinajstić information content (AvgIpc) is 3.02. The van der Waals surface area contributed by atoms with Gasteiger partial charge in [-0.3, -0.25) is 9.89 Å². The van der Waals surface area contributed by atoms with E-state index >= 15 is 0 Å². The van der Waals surface area contributed by atoms with Gasteiger partial charge >= 0.3 is 6.18 Å². The van der Waals surface area contributed by atoms with Crippen LogP contribution in [0, 0.1) is 6.92 Å². The van der Waals surface area contributed by atoms with E-state index < -0.39 is 17.8 Å². The molecule has 2 N–H and O–H groups in total. The van der Waals surface area contributed by atoms with Gasteiger partial charge in [-0.05, 0) is 43.3 Å². The van der Waals surface area contributed by atoms with Gasteiger partial charge in [-0.25, -0.2) is 4.99 Å². The number of carbonyl (C=O) groups is 1. The molecule has 31 heavy (non-hydrogen) atoms. The summed E-state index contributed by atoms with van der Waals surface area (Å²) in [6.45, 7) is 1.29. The second kappa shape index (κ2) is 9.30. The Morgan fingerprint density at radius 2 is 1.84 bits per heavy atom. The summed E-state index contributed by atoms with van der Waals surface area (Å²) in [5.74, 6) is -0.533. The molecule has 0 saturated carbocycles. The largest absolute Gasteiger partial charge is 0.435 e. The normalized spacial score (nSPS) is 12.2. The molecular formula is C20H14Cl3F3N4O. The Labute approximate surface area is 190 Å². The molecule has 1 heterocycles. The molecule has 3 aromatic rings. The van der Waals surface area contributed by atoms with Crippen LogP contribution in [-0.2, 0) is 12.6 Å². The SMILES string of the molecule is Cc1c(C(F)(F)F)n[nH]c1CC(=Nc1cccc(Cl)c1)NC(=O)c1ccc(Cl)cc1Cl. The lowest BCUT2D eigenvalue weighted by Crippen LogP contribution is -2.32. The number of amidine groups is 1. The second-order valence-corrected chi connectivity index (χ2v) is 7.75. The van der Waals surface area contributed by atoms with Gasteiger partial charge in [-0.2, -0.15) is 18.3 Å². The van der Waals surface area contributed by atoms with Crippen LogP contribution in [0.3, 0.4) is 0 Å². The van der Waals surface area contributed by atoms with Crippen molar-refractivity contribution >= 4 is 52.2 Å². The Hall–Kier alpha value is -2.55. The van der Waals surface area contributed by atoms with Gasteiger partial charge in [-0.15, -0.1) is 0 Å². The number of hydrogen-bond acceptors (Lipinski definition) is 3. The third kappa shape index (κ3) is 5.78. The van der Waals surface area contributed by atoms with Crippen LogP contribution in [0.15, 0.2) is 47.5 Å². The smallest absolute Gasteiger partial charge is 0.310 e. The van der Waals surface area contributed by atoms with Crippen molar-refractivity contribution in [2.75, 3.05) is 0 Å². The number of nitrogens with zero attached hydrogens (tertiary/aromatic N) is 2. The van der Waals surface area contributed by atoms with Crippen molar-refractivity contribution in [2.45, 2.75) is 19.5 Å². The molecule has 11 heteroatoms. The number of halogens is 6. The van der Waals surface area contributed by atoms with Crippen molar-refractivity contribution < 1.29 is 18.0 Å². The number of aromatic nitrogens is 2. The molecule has 0 aliphatic carbocycles. The summed E-state index contributed by atoms with van der Waals surface area (Å²) in [7, 11) is 0. The minimum atomic E-state index is -4.61. The quantitative estimate of drug-likeness (QED) is 0.329. The van der Waals surface area contributed by atoms with Crippen LogP contribution < -0.4 is 5.32 Å². The second-order valence-electron chi connectivity index (χ2n) is 6.47. The van der Waals surface area contributed by atoms with E-state index in [-0.39, 0.29) is 34.1 Å². The minimum absolute atomic E-state index is 0.0683. The molecule has 0 unspecified atom stereocenters. The zero-order valence-electron chi connectivity index (χ0n) is 15.8. The van der Waals surface area contributed by atoms with Gasteiger partial charge in [0, 0.05) is 27.7 Å². The monoisotopic (exact) mass is 488 g/mol. The summed E-state index contributed by atoms with van der Waals surface area (Å²) in [5, 5.41) is 9.18. The number of carbonyl (C=O) groups excluding carboxylic acids is 1. The van der Waals surface area contributed by atoms with E-state index in [4.69, 9.17) is 34.8 Å². The highest BCUT2D eigenvalue weighted by atomic mass is 35.5. The fourth-order valence-electron chi connectivity index (χ4n) is 2.73. The predicted molar refractivity (Wildman–Crippen MR) is 115 cm³/mol. The van der Waals surface area contributed by atoms with Crippen LogP contribution in [0.5, 0.6) is 0 Å². The van der Waals surface area contributed by atoms with E-state index in [9.17, 15) is 18.0 Å². The van der Waals surface area contributed by atoms with Crippen molar-refractivity contribution in [3.05, 3.63) is 80.0 Å². The molecule has 0 bridgehead atoms. The number of aromatic amines is 1. The molecule has 0 radical (unpaired) electrons. The minimum Gasteiger partial charge on any atom is -0.310 e. The molecule has 0 aliphatic heterocycles. The van der Waals surface area contributed by atoms with Gasteiger partial charge in [0.1, 0.15) is 5.84 Å². The first-order chi connectivity index (χ1) is 14.5. The van der Waals surface area contributed by atoms with E-state index in [2.05, 4.69) is 20.5 Å². The molecule has 0 fully saturated rings. The van der Waals surface area contributed by atoms with Crippen molar-refractivity contribution in [3.8, 4) is 0 Å². The predicted octanol–water partition coefficient (Wildman–Crippen LogP) is 6.40. The number of H-pyrrole nitrogens is 1. The molecule has 0 aliphatic rings. The highest BCUT2D eigenvalue weighted by Gasteiger charge is 2.36. The van der Waals surface area contributed by atoms with Gasteiger partial charge in [0.05, 0.1) is 16.3 Å². The van der Waals surface area contributed by atoms with Crippen LogP contribution in [0.2, 0.25) is 15.1 Å². The third-order valence-electron chi connectivity index (χ3n) is 4.23. The van der Waals surface area contributed by atoms with Crippen molar-refractivity contribution in [1.82, 2.24) is 15.5 Å². The summed E-state index contributed by atoms with van der Waals surface area (Å²) in [6.07, 6.45) is -4.76. The van der Waals surface area contributed by atoms with Gasteiger partial charge in [0.25, 0.3) is 5.91 Å². The fraction of sp³-hybridized carbons (Fsp3) is 0.150. The molecule has 162 valence electrons. The summed E-state index contributed by atoms with van der Waals surface area (Å²) in [4.78, 5) is 17.1. The number of aliphatic imine (C=N–C) groups is 1. The molecule has 3 rings (SSSR count). The Morgan fingerprint density at radius 1 is 1.13 bits per heavy atom. The first-order valence-electron chi connectivity index (χ1n) is 8.75. The number of alkyl halides is 3. The topological polar surface area (TPSA) is 70.1 Å². The van der Waals surface area contributed by atoms with Crippen LogP contribution in [0.25, 0.3) is 0 Å². The number of hydrogen-bond donors (Lipinski definition) is 2. The van der Waals surface area contributed by atoms with Gasteiger partial charge in [0.15, 0.2) is 5.69 Å². The summed E-state index contributed by atoms with van der Waals surface area (Å²) < 4.78 is 39.2. The lowest BCUT2D eigenvalue weighted by Gasteiger charge is -2.11. The molecule has 0 saturated heterocycles. The van der Waals surface area contributed by atoms with E-state index in [1.165, 1.54) is 25.1 Å². The van der Waals surface area contributed by atoms with Crippen LogP contribution in [0.4, 0.5) is 18.9 Å². The molecular weight excluding hydrogens is 476 g/mol. The average molecular weight is 490 g/mol. The maximum absolute atomic E-state index is 13.1. The van der Waals surface area contributed by atoms with E-state index in [1.807, 2.05) is 0 Å². The number of nitrogens with one attached hydrogen (secondary N) is 2. The maximum Gasteiger partial charge on any atom is 0.435 e. The Kier molecular flexibility index (Phi) is 6.93. The molecule has 0 atom stereocenters. The highest BCUT2D eigenvalue weighted by molar-refractivity contribution is 6.37. The first kappa shape index (κ1) is 23.1. The lowest BCUT2D eigenvalue weighted by atomic mass is 10.1. The Bertz CT molecular complexity index is 1160. The lowest BCUT2D eigenvalue weighted by molar-refractivity contribution is -0.141. The van der Waals surface area contributed by atoms with Crippen molar-refractivity contribution in [3.63, 3.8) is 0 Å². The standard InChI is InChI=1S/C20H14Cl3F3N4O/c1-10-16(29-30-18(10)20(24,25)26)9-17(27-13-4-2-3-11(21)7-13)28-19(31)14-6-5-12(22)8-15(14)23/h2-8H,9H2,1H3,(H,29,30)(H,27,28,31). The van der Waals surface area contributed by atoms with E-state index in [1.54, 1.807) is 24.3 Å². The van der Waals surface area contributed by atoms with E-state index in [0.717, 1.165) is 0 Å². The molecule has 5 nitrogen and oxygen atoms in total. The number of benzene rings is 2. The van der Waals surface area contributed by atoms with Gasteiger partial charge in [0.2, 0.25) is 0 Å². The Balaban J connectivity index is 1.96. The third-order valence-corrected chi connectivity index (χ3v) is 5.01.